The number of benzene rings is 1. The summed E-state index contributed by atoms with van der Waals surface area (Å²) in [5.74, 6) is 0.312. The van der Waals surface area contributed by atoms with Crippen LogP contribution in [0.25, 0.3) is 0 Å². The molecule has 0 spiro atoms. The average Bonchev–Trinajstić information content (AvgIpc) is 2.30. The molecule has 0 aromatic heterocycles. The van der Waals surface area contributed by atoms with E-state index in [9.17, 15) is 5.11 Å². The molecule has 0 bridgehead atoms. The maximum absolute atomic E-state index is 9.37. The van der Waals surface area contributed by atoms with Crippen molar-refractivity contribution in [1.29, 1.82) is 0 Å². The third kappa shape index (κ3) is 3.20. The highest BCUT2D eigenvalue weighted by molar-refractivity contribution is 6.92. The van der Waals surface area contributed by atoms with E-state index in [0.29, 0.717) is 5.75 Å². The van der Waals surface area contributed by atoms with Crippen molar-refractivity contribution in [1.82, 2.24) is 0 Å². The molecule has 1 aromatic rings. The van der Waals surface area contributed by atoms with E-state index in [1.54, 1.807) is 12.1 Å². The van der Waals surface area contributed by atoms with E-state index in [0.717, 1.165) is 18.1 Å². The Bertz CT molecular complexity index is 365. The van der Waals surface area contributed by atoms with Gasteiger partial charge in [-0.3, -0.25) is 0 Å². The Kier molecular flexibility index (Phi) is 4.98. The fourth-order valence-corrected chi connectivity index (χ4v) is 5.99. The Morgan fingerprint density at radius 1 is 0.882 bits per heavy atom. The normalized spacial score (nSPS) is 10.8. The number of allylic oxidation sites excluding steroid dienone is 3. The molecule has 1 aromatic carbocycles. The Morgan fingerprint density at radius 3 is 1.65 bits per heavy atom. The fraction of sp³-hybridized carbons (Fsp3) is 0.200. The molecular formula is C15H20OSi. The van der Waals surface area contributed by atoms with Crippen LogP contribution in [0.2, 0.25) is 18.1 Å². The van der Waals surface area contributed by atoms with E-state index < -0.39 is 8.07 Å². The van der Waals surface area contributed by atoms with Gasteiger partial charge in [-0.15, -0.1) is 19.7 Å². The molecule has 0 fully saturated rings. The predicted octanol–water partition coefficient (Wildman–Crippen LogP) is 3.61. The fourth-order valence-electron chi connectivity index (χ4n) is 2.25. The van der Waals surface area contributed by atoms with Crippen molar-refractivity contribution < 1.29 is 5.11 Å². The van der Waals surface area contributed by atoms with E-state index in [-0.39, 0.29) is 0 Å². The minimum atomic E-state index is -1.66. The minimum absolute atomic E-state index is 0.312. The molecule has 1 rings (SSSR count). The van der Waals surface area contributed by atoms with Crippen LogP contribution in [-0.4, -0.2) is 13.2 Å². The minimum Gasteiger partial charge on any atom is -0.508 e. The zero-order chi connectivity index (χ0) is 12.7. The van der Waals surface area contributed by atoms with Crippen molar-refractivity contribution in [2.24, 2.45) is 0 Å². The lowest BCUT2D eigenvalue weighted by Gasteiger charge is -2.29. The maximum Gasteiger partial charge on any atom is 0.115 e. The van der Waals surface area contributed by atoms with Crippen LogP contribution < -0.4 is 5.19 Å². The second-order valence-corrected chi connectivity index (χ2v) is 8.67. The van der Waals surface area contributed by atoms with Crippen LogP contribution in [-0.2, 0) is 0 Å². The van der Waals surface area contributed by atoms with Gasteiger partial charge in [0.05, 0.1) is 8.07 Å². The van der Waals surface area contributed by atoms with Crippen molar-refractivity contribution in [3.05, 3.63) is 62.2 Å². The SMILES string of the molecule is C=CC[Si](CC=C)(CC=C)c1ccc(O)cc1. The third-order valence-electron chi connectivity index (χ3n) is 3.08. The summed E-state index contributed by atoms with van der Waals surface area (Å²) >= 11 is 0. The summed E-state index contributed by atoms with van der Waals surface area (Å²) < 4.78 is 0. The lowest BCUT2D eigenvalue weighted by atomic mass is 10.3. The van der Waals surface area contributed by atoms with E-state index in [1.165, 1.54) is 5.19 Å². The molecule has 0 atom stereocenters. The highest BCUT2D eigenvalue weighted by atomic mass is 28.3. The summed E-state index contributed by atoms with van der Waals surface area (Å²) in [5, 5.41) is 10.7. The first-order valence-corrected chi connectivity index (χ1v) is 8.43. The number of aromatic hydroxyl groups is 1. The second kappa shape index (κ2) is 6.26. The average molecular weight is 244 g/mol. The topological polar surface area (TPSA) is 20.2 Å². The second-order valence-electron chi connectivity index (χ2n) is 4.31. The Balaban J connectivity index is 3.17. The maximum atomic E-state index is 9.37. The number of phenolic OH excluding ortho intramolecular Hbond substituents is 1. The Morgan fingerprint density at radius 2 is 1.29 bits per heavy atom. The highest BCUT2D eigenvalue weighted by Crippen LogP contribution is 2.23. The van der Waals surface area contributed by atoms with Gasteiger partial charge in [-0.05, 0) is 30.3 Å². The van der Waals surface area contributed by atoms with E-state index in [4.69, 9.17) is 0 Å². The van der Waals surface area contributed by atoms with Crippen LogP contribution in [0.1, 0.15) is 0 Å². The summed E-state index contributed by atoms with van der Waals surface area (Å²) in [7, 11) is -1.66. The Hall–Kier alpha value is -1.54. The molecule has 0 amide bonds. The molecule has 0 aliphatic heterocycles. The molecule has 90 valence electrons. The summed E-state index contributed by atoms with van der Waals surface area (Å²) in [6.07, 6.45) is 5.98. The summed E-state index contributed by atoms with van der Waals surface area (Å²) in [6, 6.07) is 10.6. The number of rotatable bonds is 7. The zero-order valence-electron chi connectivity index (χ0n) is 10.2. The van der Waals surface area contributed by atoms with E-state index in [2.05, 4.69) is 19.7 Å². The van der Waals surface area contributed by atoms with Crippen molar-refractivity contribution in [3.63, 3.8) is 0 Å². The molecule has 0 saturated carbocycles. The molecule has 2 heteroatoms. The van der Waals surface area contributed by atoms with Crippen LogP contribution in [0, 0.1) is 0 Å². The van der Waals surface area contributed by atoms with Gasteiger partial charge in [-0.2, -0.15) is 0 Å². The first-order chi connectivity index (χ1) is 8.18. The van der Waals surface area contributed by atoms with Crippen LogP contribution in [0.5, 0.6) is 5.75 Å². The van der Waals surface area contributed by atoms with E-state index >= 15 is 0 Å². The van der Waals surface area contributed by atoms with Gasteiger partial charge in [-0.25, -0.2) is 0 Å². The number of hydrogen-bond acceptors (Lipinski definition) is 1. The standard InChI is InChI=1S/C15H20OSi/c1-4-11-17(12-5-2,13-6-3)15-9-7-14(16)8-10-15/h4-10,16H,1-3,11-13H2. The van der Waals surface area contributed by atoms with Gasteiger partial charge < -0.3 is 5.11 Å². The van der Waals surface area contributed by atoms with E-state index in [1.807, 2.05) is 30.4 Å². The van der Waals surface area contributed by atoms with Gasteiger partial charge in [0.1, 0.15) is 5.75 Å². The summed E-state index contributed by atoms with van der Waals surface area (Å²) in [5.41, 5.74) is 0. The Labute approximate surface area is 105 Å². The van der Waals surface area contributed by atoms with Gasteiger partial charge in [0.15, 0.2) is 0 Å². The molecule has 1 nitrogen and oxygen atoms in total. The van der Waals surface area contributed by atoms with Crippen molar-refractivity contribution >= 4 is 13.3 Å². The molecule has 0 heterocycles. The predicted molar refractivity (Wildman–Crippen MR) is 78.5 cm³/mol. The lowest BCUT2D eigenvalue weighted by Crippen LogP contribution is -2.46. The molecule has 0 unspecified atom stereocenters. The number of hydrogen-bond donors (Lipinski definition) is 1. The molecule has 17 heavy (non-hydrogen) atoms. The molecule has 0 aliphatic rings. The third-order valence-corrected chi connectivity index (χ3v) is 7.85. The van der Waals surface area contributed by atoms with Crippen LogP contribution >= 0.6 is 0 Å². The van der Waals surface area contributed by atoms with Crippen molar-refractivity contribution in [2.45, 2.75) is 18.1 Å². The van der Waals surface area contributed by atoms with Crippen molar-refractivity contribution in [2.75, 3.05) is 0 Å². The van der Waals surface area contributed by atoms with Crippen molar-refractivity contribution in [3.8, 4) is 5.75 Å². The van der Waals surface area contributed by atoms with Gasteiger partial charge in [0, 0.05) is 0 Å². The van der Waals surface area contributed by atoms with Crippen LogP contribution in [0.4, 0.5) is 0 Å². The van der Waals surface area contributed by atoms with Crippen LogP contribution in [0.15, 0.2) is 62.2 Å². The monoisotopic (exact) mass is 244 g/mol. The summed E-state index contributed by atoms with van der Waals surface area (Å²) in [4.78, 5) is 0. The highest BCUT2D eigenvalue weighted by Gasteiger charge is 2.30. The molecule has 0 aliphatic carbocycles. The van der Waals surface area contributed by atoms with Gasteiger partial charge in [-0.1, -0.05) is 35.5 Å². The largest absolute Gasteiger partial charge is 0.508 e. The zero-order valence-corrected chi connectivity index (χ0v) is 11.2. The summed E-state index contributed by atoms with van der Waals surface area (Å²) in [6.45, 7) is 11.6. The smallest absolute Gasteiger partial charge is 0.115 e. The molecule has 0 radical (unpaired) electrons. The molecular weight excluding hydrogens is 224 g/mol. The quantitative estimate of drug-likeness (QED) is 0.574. The lowest BCUT2D eigenvalue weighted by molar-refractivity contribution is 0.475. The van der Waals surface area contributed by atoms with Gasteiger partial charge >= 0.3 is 0 Å². The molecule has 0 saturated heterocycles. The molecule has 1 N–H and O–H groups in total. The number of phenols is 1. The van der Waals surface area contributed by atoms with Gasteiger partial charge in [0.2, 0.25) is 0 Å². The van der Waals surface area contributed by atoms with Crippen LogP contribution in [0.3, 0.4) is 0 Å². The first kappa shape index (κ1) is 13.5. The first-order valence-electron chi connectivity index (χ1n) is 5.81. The van der Waals surface area contributed by atoms with Gasteiger partial charge in [0.25, 0.3) is 0 Å².